The molecule has 0 aliphatic rings. The van der Waals surface area contributed by atoms with Crippen LogP contribution in [0.2, 0.25) is 0 Å². The fourth-order valence-electron chi connectivity index (χ4n) is 1.12. The zero-order chi connectivity index (χ0) is 12.1. The third kappa shape index (κ3) is 7.51. The molecule has 0 N–H and O–H groups in total. The van der Waals surface area contributed by atoms with E-state index in [1.165, 1.54) is 7.14 Å². The second kappa shape index (κ2) is 10.7. The van der Waals surface area contributed by atoms with Crippen molar-refractivity contribution in [3.05, 3.63) is 55.7 Å². The summed E-state index contributed by atoms with van der Waals surface area (Å²) in [5, 5.41) is 0. The Morgan fingerprint density at radius 2 is 0.947 bits per heavy atom. The summed E-state index contributed by atoms with van der Waals surface area (Å²) in [7, 11) is 0. The number of hydrogen-bond acceptors (Lipinski definition) is 2. The molecule has 0 heterocycles. The average molecular weight is 600 g/mol. The predicted molar refractivity (Wildman–Crippen MR) is 79.6 cm³/mol. The zero-order valence-electron chi connectivity index (χ0n) is 9.45. The van der Waals surface area contributed by atoms with E-state index in [4.69, 9.17) is 5.63 Å². The zero-order valence-corrected chi connectivity index (χ0v) is 17.7. The molecular weight excluding hydrogens is 592 g/mol. The van der Waals surface area contributed by atoms with E-state index in [1.54, 1.807) is 0 Å². The van der Waals surface area contributed by atoms with E-state index >= 15 is 0 Å². The van der Waals surface area contributed by atoms with Gasteiger partial charge in [0.2, 0.25) is 0 Å². The van der Waals surface area contributed by atoms with E-state index in [0.717, 1.165) is 11.5 Å². The summed E-state index contributed by atoms with van der Waals surface area (Å²) >= 11 is 3.25. The van der Waals surface area contributed by atoms with Crippen molar-refractivity contribution in [1.29, 1.82) is 0 Å². The first-order valence-corrected chi connectivity index (χ1v) is 9.00. The van der Waals surface area contributed by atoms with Crippen molar-refractivity contribution in [2.75, 3.05) is 0 Å². The monoisotopic (exact) mass is 598 g/mol. The largest absolute Gasteiger partial charge is 1.00 e. The Balaban J connectivity index is 0.00000162. The second-order valence-electron chi connectivity index (χ2n) is 3.20. The van der Waals surface area contributed by atoms with Gasteiger partial charge in [-0.1, -0.05) is 0 Å². The van der Waals surface area contributed by atoms with Gasteiger partial charge in [-0.25, -0.2) is 0 Å². The summed E-state index contributed by atoms with van der Waals surface area (Å²) < 4.78 is 13.7. The molecule has 0 aliphatic carbocycles. The summed E-state index contributed by atoms with van der Waals surface area (Å²) in [5.74, 6) is 1.78. The molecule has 0 saturated heterocycles. The van der Waals surface area contributed by atoms with Crippen molar-refractivity contribution in [1.82, 2.24) is 0 Å². The molecule has 2 aromatic carbocycles. The molecule has 0 bridgehead atoms. The molecule has 0 atom stereocenters. The number of hydrogen-bond donors (Lipinski definition) is 0. The van der Waals surface area contributed by atoms with Crippen LogP contribution >= 0.6 is 45.2 Å². The van der Waals surface area contributed by atoms with E-state index in [1.807, 2.05) is 48.5 Å². The van der Waals surface area contributed by atoms with E-state index < -0.39 is 24.1 Å². The van der Waals surface area contributed by atoms with Crippen LogP contribution in [0.4, 0.5) is 0 Å². The summed E-state index contributed by atoms with van der Waals surface area (Å²) in [5.41, 5.74) is 0. The van der Waals surface area contributed by atoms with Crippen LogP contribution in [0.3, 0.4) is 0 Å². The van der Waals surface area contributed by atoms with E-state index in [0.29, 0.717) is 0 Å². The van der Waals surface area contributed by atoms with Gasteiger partial charge in [-0.3, -0.25) is 0 Å². The number of rotatable bonds is 4. The minimum absolute atomic E-state index is 0. The Hall–Kier alpha value is 0.963. The van der Waals surface area contributed by atoms with Gasteiger partial charge in [-0.15, -0.1) is 0 Å². The molecule has 2 rings (SSSR count). The molecule has 0 aromatic heterocycles. The minimum Gasteiger partial charge on any atom is -1.00 e. The molecule has 2 aromatic rings. The van der Waals surface area contributed by atoms with Gasteiger partial charge in [0.1, 0.15) is 0 Å². The van der Waals surface area contributed by atoms with Crippen LogP contribution < -0.4 is 30.4 Å². The van der Waals surface area contributed by atoms with Crippen molar-refractivity contribution in [3.8, 4) is 11.5 Å². The Morgan fingerprint density at radius 3 is 1.26 bits per heavy atom. The summed E-state index contributed by atoms with van der Waals surface area (Å²) in [4.78, 5) is 0. The van der Waals surface area contributed by atoms with Gasteiger partial charge in [0.15, 0.2) is 0 Å². The molecule has 0 saturated carbocycles. The van der Waals surface area contributed by atoms with E-state index in [-0.39, 0.29) is 24.8 Å². The van der Waals surface area contributed by atoms with Gasteiger partial charge < -0.3 is 24.8 Å². The van der Waals surface area contributed by atoms with Crippen LogP contribution in [-0.4, -0.2) is 0 Å². The van der Waals surface area contributed by atoms with Gasteiger partial charge in [0, 0.05) is 0 Å². The molecule has 0 radical (unpaired) electrons. The molecule has 19 heavy (non-hydrogen) atoms. The molecule has 2 nitrogen and oxygen atoms in total. The third-order valence-electron chi connectivity index (χ3n) is 1.95. The fourth-order valence-corrected chi connectivity index (χ4v) is 3.09. The quantitative estimate of drug-likeness (QED) is 0.390. The molecular formula is C12H8Cl2I2O2Zr. The topological polar surface area (TPSA) is 18.5 Å². The SMILES string of the molecule is Ic1ccc([O][Zr+2][O]c2ccc(I)cc2)cc1.[Cl-].[Cl-]. The number of benzene rings is 2. The molecule has 7 heteroatoms. The Labute approximate surface area is 164 Å². The third-order valence-corrected chi connectivity index (χ3v) is 4.95. The van der Waals surface area contributed by atoms with Crippen molar-refractivity contribution in [2.24, 2.45) is 0 Å². The first-order chi connectivity index (χ1) is 8.24. The first-order valence-electron chi connectivity index (χ1n) is 4.84. The maximum Gasteiger partial charge on any atom is -1.00 e. The van der Waals surface area contributed by atoms with Crippen molar-refractivity contribution >= 4 is 45.2 Å². The van der Waals surface area contributed by atoms with Gasteiger partial charge in [0.25, 0.3) is 0 Å². The van der Waals surface area contributed by atoms with E-state index in [9.17, 15) is 0 Å². The van der Waals surface area contributed by atoms with Gasteiger partial charge in [-0.05, 0) is 0 Å². The summed E-state index contributed by atoms with van der Waals surface area (Å²) in [6, 6.07) is 16.0. The van der Waals surface area contributed by atoms with Crippen LogP contribution in [0.1, 0.15) is 0 Å². The molecule has 100 valence electrons. The Kier molecular flexibility index (Phi) is 11.2. The van der Waals surface area contributed by atoms with Crippen LogP contribution in [-0.2, 0) is 24.1 Å². The maximum absolute atomic E-state index is 5.64. The van der Waals surface area contributed by atoms with Crippen molar-refractivity contribution in [3.63, 3.8) is 0 Å². The van der Waals surface area contributed by atoms with E-state index in [2.05, 4.69) is 45.2 Å². The Morgan fingerprint density at radius 1 is 0.632 bits per heavy atom. The second-order valence-corrected chi connectivity index (χ2v) is 7.10. The fraction of sp³-hybridized carbons (Fsp3) is 0. The minimum atomic E-state index is -1.29. The standard InChI is InChI=1S/2C6H5IO.2ClH.Zr/c2*7-5-1-3-6(8)4-2-5;;;/h2*1-4,8H;2*1H;/q;;;;+4/p-4. The Bertz CT molecular complexity index is 435. The molecule has 0 fully saturated rings. The average Bonchev–Trinajstić information content (AvgIpc) is 2.34. The molecule has 0 amide bonds. The van der Waals surface area contributed by atoms with Crippen LogP contribution in [0.5, 0.6) is 11.5 Å². The summed E-state index contributed by atoms with van der Waals surface area (Å²) in [6.45, 7) is 0. The predicted octanol–water partition coefficient (Wildman–Crippen LogP) is -1.73. The molecule has 0 spiro atoms. The van der Waals surface area contributed by atoms with Gasteiger partial charge in [0.05, 0.1) is 0 Å². The van der Waals surface area contributed by atoms with Crippen molar-refractivity contribution < 1.29 is 54.6 Å². The number of halogens is 4. The van der Waals surface area contributed by atoms with Gasteiger partial charge >= 0.3 is 142 Å². The molecule has 0 aliphatic heterocycles. The van der Waals surface area contributed by atoms with Crippen molar-refractivity contribution in [2.45, 2.75) is 0 Å². The smallest absolute Gasteiger partial charge is 1.00 e. The van der Waals surface area contributed by atoms with Crippen LogP contribution in [0.25, 0.3) is 0 Å². The normalized spacial score (nSPS) is 8.53. The first kappa shape index (κ1) is 20.0. The maximum atomic E-state index is 5.64. The summed E-state index contributed by atoms with van der Waals surface area (Å²) in [6.07, 6.45) is 0. The van der Waals surface area contributed by atoms with Crippen LogP contribution in [0.15, 0.2) is 48.5 Å². The van der Waals surface area contributed by atoms with Gasteiger partial charge in [-0.2, -0.15) is 0 Å². The molecule has 0 unspecified atom stereocenters. The van der Waals surface area contributed by atoms with Crippen LogP contribution in [0, 0.1) is 7.14 Å².